The summed E-state index contributed by atoms with van der Waals surface area (Å²) in [4.78, 5) is 10.9. The summed E-state index contributed by atoms with van der Waals surface area (Å²) in [7, 11) is 0. The summed E-state index contributed by atoms with van der Waals surface area (Å²) in [5.41, 5.74) is 0.701. The standard InChI is InChI=1S/C14H9Cl3O3/c15-11-4-5-12(16)13(17)10(11)7-20-9-3-1-2-8(6-9)14(18)19/h1-6H,7H2,(H,18,19). The molecule has 0 aromatic heterocycles. The minimum absolute atomic E-state index is 0.0985. The molecule has 0 radical (unpaired) electrons. The van der Waals surface area contributed by atoms with Crippen LogP contribution in [-0.2, 0) is 6.61 Å². The predicted octanol–water partition coefficient (Wildman–Crippen LogP) is 4.92. The highest BCUT2D eigenvalue weighted by atomic mass is 35.5. The molecule has 0 spiro atoms. The maximum atomic E-state index is 10.9. The fraction of sp³-hybridized carbons (Fsp3) is 0.0714. The largest absolute Gasteiger partial charge is 0.489 e. The van der Waals surface area contributed by atoms with Gasteiger partial charge in [0.05, 0.1) is 15.6 Å². The molecule has 0 aliphatic heterocycles. The van der Waals surface area contributed by atoms with E-state index in [1.165, 1.54) is 12.1 Å². The van der Waals surface area contributed by atoms with Crippen molar-refractivity contribution < 1.29 is 14.6 Å². The number of halogens is 3. The summed E-state index contributed by atoms with van der Waals surface area (Å²) in [6.07, 6.45) is 0. The van der Waals surface area contributed by atoms with Crippen molar-refractivity contribution in [2.24, 2.45) is 0 Å². The summed E-state index contributed by atoms with van der Waals surface area (Å²) in [6, 6.07) is 9.38. The zero-order chi connectivity index (χ0) is 14.7. The van der Waals surface area contributed by atoms with Gasteiger partial charge in [0.1, 0.15) is 12.4 Å². The van der Waals surface area contributed by atoms with E-state index >= 15 is 0 Å². The van der Waals surface area contributed by atoms with Gasteiger partial charge in [-0.15, -0.1) is 0 Å². The van der Waals surface area contributed by atoms with Gasteiger partial charge >= 0.3 is 5.97 Å². The van der Waals surface area contributed by atoms with Crippen molar-refractivity contribution in [2.45, 2.75) is 6.61 Å². The van der Waals surface area contributed by atoms with Crippen molar-refractivity contribution in [3.8, 4) is 5.75 Å². The zero-order valence-electron chi connectivity index (χ0n) is 10.1. The average Bonchev–Trinajstić information content (AvgIpc) is 2.43. The Morgan fingerprint density at radius 1 is 1.10 bits per heavy atom. The third-order valence-corrected chi connectivity index (χ3v) is 3.80. The Kier molecular flexibility index (Phi) is 4.76. The lowest BCUT2D eigenvalue weighted by Gasteiger charge is -2.11. The third kappa shape index (κ3) is 3.37. The molecule has 104 valence electrons. The number of hydrogen-bond acceptors (Lipinski definition) is 2. The van der Waals surface area contributed by atoms with Crippen molar-refractivity contribution in [3.05, 3.63) is 62.6 Å². The van der Waals surface area contributed by atoms with Crippen LogP contribution in [0.25, 0.3) is 0 Å². The van der Waals surface area contributed by atoms with Crippen LogP contribution in [-0.4, -0.2) is 11.1 Å². The molecular formula is C14H9Cl3O3. The van der Waals surface area contributed by atoms with E-state index in [2.05, 4.69) is 0 Å². The van der Waals surface area contributed by atoms with Gasteiger partial charge in [-0.3, -0.25) is 0 Å². The van der Waals surface area contributed by atoms with Gasteiger partial charge in [-0.1, -0.05) is 40.9 Å². The Labute approximate surface area is 130 Å². The zero-order valence-corrected chi connectivity index (χ0v) is 12.3. The molecule has 0 aliphatic rings. The fourth-order valence-electron chi connectivity index (χ4n) is 1.58. The molecule has 0 fully saturated rings. The number of carbonyl (C=O) groups is 1. The number of rotatable bonds is 4. The molecular weight excluding hydrogens is 323 g/mol. The van der Waals surface area contributed by atoms with Crippen molar-refractivity contribution in [1.82, 2.24) is 0 Å². The molecule has 0 amide bonds. The number of benzene rings is 2. The maximum Gasteiger partial charge on any atom is 0.335 e. The van der Waals surface area contributed by atoms with Crippen LogP contribution in [0, 0.1) is 0 Å². The molecule has 0 bridgehead atoms. The molecule has 0 aliphatic carbocycles. The number of carboxylic acids is 1. The Morgan fingerprint density at radius 2 is 1.80 bits per heavy atom. The minimum Gasteiger partial charge on any atom is -0.489 e. The Hall–Kier alpha value is -1.42. The van der Waals surface area contributed by atoms with Gasteiger partial charge in [-0.05, 0) is 30.3 Å². The fourth-order valence-corrected chi connectivity index (χ4v) is 2.23. The first-order valence-corrected chi connectivity index (χ1v) is 6.71. The lowest BCUT2D eigenvalue weighted by atomic mass is 10.2. The van der Waals surface area contributed by atoms with E-state index < -0.39 is 5.97 Å². The first-order chi connectivity index (χ1) is 9.49. The van der Waals surface area contributed by atoms with E-state index in [1.54, 1.807) is 24.3 Å². The van der Waals surface area contributed by atoms with Crippen LogP contribution in [0.4, 0.5) is 0 Å². The quantitative estimate of drug-likeness (QED) is 0.809. The van der Waals surface area contributed by atoms with E-state index in [9.17, 15) is 4.79 Å². The van der Waals surface area contributed by atoms with Crippen LogP contribution in [0.5, 0.6) is 5.75 Å². The molecule has 2 aromatic rings. The van der Waals surface area contributed by atoms with Crippen LogP contribution in [0.2, 0.25) is 15.1 Å². The summed E-state index contributed by atoms with van der Waals surface area (Å²) < 4.78 is 5.51. The molecule has 1 N–H and O–H groups in total. The molecule has 6 heteroatoms. The molecule has 2 rings (SSSR count). The molecule has 20 heavy (non-hydrogen) atoms. The van der Waals surface area contributed by atoms with Crippen molar-refractivity contribution >= 4 is 40.8 Å². The molecule has 2 aromatic carbocycles. The predicted molar refractivity (Wildman–Crippen MR) is 79.2 cm³/mol. The van der Waals surface area contributed by atoms with Gasteiger partial charge in [0.15, 0.2) is 0 Å². The molecule has 0 saturated carbocycles. The molecule has 0 saturated heterocycles. The SMILES string of the molecule is O=C(O)c1cccc(OCc2c(Cl)ccc(Cl)c2Cl)c1. The van der Waals surface area contributed by atoms with Crippen LogP contribution in [0.15, 0.2) is 36.4 Å². The average molecular weight is 332 g/mol. The van der Waals surface area contributed by atoms with Gasteiger partial charge in [-0.2, -0.15) is 0 Å². The Morgan fingerprint density at radius 3 is 2.50 bits per heavy atom. The monoisotopic (exact) mass is 330 g/mol. The van der Waals surface area contributed by atoms with E-state index in [0.29, 0.717) is 26.4 Å². The first kappa shape index (κ1) is 15.0. The number of carboxylic acid groups (broad SMARTS) is 1. The highest BCUT2D eigenvalue weighted by Gasteiger charge is 2.11. The van der Waals surface area contributed by atoms with Gasteiger partial charge in [-0.25, -0.2) is 4.79 Å². The molecule has 3 nitrogen and oxygen atoms in total. The Bertz CT molecular complexity index is 656. The highest BCUT2D eigenvalue weighted by Crippen LogP contribution is 2.32. The Balaban J connectivity index is 2.19. The lowest BCUT2D eigenvalue weighted by molar-refractivity contribution is 0.0696. The molecule has 0 atom stereocenters. The van der Waals surface area contributed by atoms with Crippen LogP contribution >= 0.6 is 34.8 Å². The van der Waals surface area contributed by atoms with E-state index in [4.69, 9.17) is 44.6 Å². The summed E-state index contributed by atoms with van der Waals surface area (Å²) >= 11 is 18.0. The van der Waals surface area contributed by atoms with Crippen LogP contribution in [0.1, 0.15) is 15.9 Å². The number of aromatic carboxylic acids is 1. The smallest absolute Gasteiger partial charge is 0.335 e. The molecule has 0 unspecified atom stereocenters. The second-order valence-corrected chi connectivity index (χ2v) is 5.14. The van der Waals surface area contributed by atoms with Crippen molar-refractivity contribution in [1.29, 1.82) is 0 Å². The van der Waals surface area contributed by atoms with Gasteiger partial charge in [0, 0.05) is 10.6 Å². The summed E-state index contributed by atoms with van der Waals surface area (Å²) in [5, 5.41) is 10.1. The number of ether oxygens (including phenoxy) is 1. The summed E-state index contributed by atoms with van der Waals surface area (Å²) in [5.74, 6) is -0.605. The second-order valence-electron chi connectivity index (χ2n) is 3.94. The normalized spacial score (nSPS) is 10.3. The topological polar surface area (TPSA) is 46.5 Å². The van der Waals surface area contributed by atoms with Gasteiger partial charge < -0.3 is 9.84 Å². The highest BCUT2D eigenvalue weighted by molar-refractivity contribution is 6.44. The van der Waals surface area contributed by atoms with E-state index in [-0.39, 0.29) is 12.2 Å². The first-order valence-electron chi connectivity index (χ1n) is 5.57. The van der Waals surface area contributed by atoms with Gasteiger partial charge in [0.25, 0.3) is 0 Å². The van der Waals surface area contributed by atoms with Crippen LogP contribution in [0.3, 0.4) is 0 Å². The maximum absolute atomic E-state index is 10.9. The third-order valence-electron chi connectivity index (χ3n) is 2.60. The van der Waals surface area contributed by atoms with Crippen molar-refractivity contribution in [3.63, 3.8) is 0 Å². The van der Waals surface area contributed by atoms with Crippen LogP contribution < -0.4 is 4.74 Å². The van der Waals surface area contributed by atoms with E-state index in [1.807, 2.05) is 0 Å². The van der Waals surface area contributed by atoms with E-state index in [0.717, 1.165) is 0 Å². The molecule has 0 heterocycles. The number of hydrogen-bond donors (Lipinski definition) is 1. The van der Waals surface area contributed by atoms with Gasteiger partial charge in [0.2, 0.25) is 0 Å². The lowest BCUT2D eigenvalue weighted by Crippen LogP contribution is -2.00. The second kappa shape index (κ2) is 6.35. The summed E-state index contributed by atoms with van der Waals surface area (Å²) in [6.45, 7) is 0.0985. The van der Waals surface area contributed by atoms with Crippen molar-refractivity contribution in [2.75, 3.05) is 0 Å². The minimum atomic E-state index is -1.02.